The lowest BCUT2D eigenvalue weighted by Gasteiger charge is -2.41. The zero-order valence-corrected chi connectivity index (χ0v) is 29.6. The van der Waals surface area contributed by atoms with E-state index in [9.17, 15) is 35.4 Å². The highest BCUT2D eigenvalue weighted by molar-refractivity contribution is 5.80. The van der Waals surface area contributed by atoms with E-state index < -0.39 is 49.3 Å². The fourth-order valence-corrected chi connectivity index (χ4v) is 6.56. The van der Waals surface area contributed by atoms with Crippen LogP contribution >= 0.6 is 0 Å². The lowest BCUT2D eigenvalue weighted by Crippen LogP contribution is -2.59. The van der Waals surface area contributed by atoms with Gasteiger partial charge in [0.2, 0.25) is 0 Å². The molecule has 0 radical (unpaired) electrons. The standard InChI is InChI=1S/C37H73NO8/c1-3-5-7-9-11-13-14-15-16-17-18-20-22-24-26-38(37(45)31(41)25-23-21-19-12-10-8-6-4-2)28-30(40)27-32-34(42)36(44)35(43)33(29-39)46-32/h30-36,39-44H,3-29H2,1-2H3/t30?,31?,32-,33+,34-,35+,36+/m0/s1. The average Bonchev–Trinajstić information content (AvgIpc) is 3.05. The summed E-state index contributed by atoms with van der Waals surface area (Å²) >= 11 is 0. The molecule has 46 heavy (non-hydrogen) atoms. The molecule has 0 aliphatic carbocycles. The molecule has 1 heterocycles. The summed E-state index contributed by atoms with van der Waals surface area (Å²) in [6.45, 7) is 4.32. The van der Waals surface area contributed by atoms with Gasteiger partial charge in [-0.2, -0.15) is 0 Å². The third-order valence-corrected chi connectivity index (χ3v) is 9.64. The second-order valence-corrected chi connectivity index (χ2v) is 13.9. The molecule has 274 valence electrons. The quantitative estimate of drug-likeness (QED) is 0.0531. The highest BCUT2D eigenvalue weighted by Crippen LogP contribution is 2.25. The number of carbonyl (C=O) groups excluding carboxylic acids is 1. The maximum absolute atomic E-state index is 13.3. The van der Waals surface area contributed by atoms with E-state index >= 15 is 0 Å². The predicted molar refractivity (Wildman–Crippen MR) is 185 cm³/mol. The number of ether oxygens (including phenoxy) is 1. The highest BCUT2D eigenvalue weighted by Gasteiger charge is 2.44. The topological polar surface area (TPSA) is 151 Å². The van der Waals surface area contributed by atoms with Crippen LogP contribution in [0, 0.1) is 0 Å². The normalized spacial score (nSPS) is 23.0. The van der Waals surface area contributed by atoms with Gasteiger partial charge in [0.1, 0.15) is 30.5 Å². The highest BCUT2D eigenvalue weighted by atomic mass is 16.5. The van der Waals surface area contributed by atoms with Crippen molar-refractivity contribution in [2.75, 3.05) is 19.7 Å². The summed E-state index contributed by atoms with van der Waals surface area (Å²) in [6, 6.07) is 0. The summed E-state index contributed by atoms with van der Waals surface area (Å²) in [5.41, 5.74) is 0. The molecule has 7 atom stereocenters. The monoisotopic (exact) mass is 660 g/mol. The van der Waals surface area contributed by atoms with E-state index in [0.717, 1.165) is 38.5 Å². The second kappa shape index (κ2) is 28.1. The van der Waals surface area contributed by atoms with Gasteiger partial charge >= 0.3 is 0 Å². The molecule has 0 bridgehead atoms. The van der Waals surface area contributed by atoms with Crippen molar-refractivity contribution in [2.45, 2.75) is 211 Å². The van der Waals surface area contributed by atoms with Crippen LogP contribution < -0.4 is 0 Å². The summed E-state index contributed by atoms with van der Waals surface area (Å²) in [5, 5.41) is 61.7. The van der Waals surface area contributed by atoms with Crippen molar-refractivity contribution in [3.05, 3.63) is 0 Å². The molecule has 0 spiro atoms. The lowest BCUT2D eigenvalue weighted by atomic mass is 9.92. The fourth-order valence-electron chi connectivity index (χ4n) is 6.56. The van der Waals surface area contributed by atoms with Crippen molar-refractivity contribution in [2.24, 2.45) is 0 Å². The van der Waals surface area contributed by atoms with E-state index in [4.69, 9.17) is 4.74 Å². The van der Waals surface area contributed by atoms with E-state index in [-0.39, 0.29) is 18.9 Å². The number of hydrogen-bond donors (Lipinski definition) is 6. The number of hydrogen-bond acceptors (Lipinski definition) is 8. The Morgan fingerprint density at radius 1 is 0.609 bits per heavy atom. The third kappa shape index (κ3) is 19.3. The number of carbonyl (C=O) groups is 1. The van der Waals surface area contributed by atoms with E-state index in [1.54, 1.807) is 0 Å². The minimum absolute atomic E-state index is 0.0270. The van der Waals surface area contributed by atoms with Crippen LogP contribution in [0.25, 0.3) is 0 Å². The second-order valence-electron chi connectivity index (χ2n) is 13.9. The van der Waals surface area contributed by atoms with E-state index in [1.165, 1.54) is 108 Å². The summed E-state index contributed by atoms with van der Waals surface area (Å²) in [6.07, 6.45) is 17.9. The number of rotatable bonds is 30. The van der Waals surface area contributed by atoms with E-state index in [1.807, 2.05) is 0 Å². The Labute approximate surface area is 281 Å². The van der Waals surface area contributed by atoms with Gasteiger partial charge < -0.3 is 40.3 Å². The Kier molecular flexibility index (Phi) is 26.4. The van der Waals surface area contributed by atoms with Crippen LogP contribution in [0.5, 0.6) is 0 Å². The summed E-state index contributed by atoms with van der Waals surface area (Å²) in [5.74, 6) is -0.384. The molecule has 0 aromatic rings. The zero-order valence-electron chi connectivity index (χ0n) is 29.6. The van der Waals surface area contributed by atoms with Crippen molar-refractivity contribution in [1.82, 2.24) is 4.90 Å². The minimum Gasteiger partial charge on any atom is -0.394 e. The van der Waals surface area contributed by atoms with Crippen molar-refractivity contribution >= 4 is 5.91 Å². The summed E-state index contributed by atoms with van der Waals surface area (Å²) in [4.78, 5) is 14.8. The largest absolute Gasteiger partial charge is 0.394 e. The van der Waals surface area contributed by atoms with Crippen molar-refractivity contribution in [3.8, 4) is 0 Å². The van der Waals surface area contributed by atoms with Crippen molar-refractivity contribution in [3.63, 3.8) is 0 Å². The van der Waals surface area contributed by atoms with Crippen LogP contribution in [0.15, 0.2) is 0 Å². The van der Waals surface area contributed by atoms with Crippen LogP contribution in [0.1, 0.15) is 168 Å². The lowest BCUT2D eigenvalue weighted by molar-refractivity contribution is -0.234. The molecule has 2 unspecified atom stereocenters. The molecular formula is C37H73NO8. The molecule has 9 heteroatoms. The molecule has 0 aromatic heterocycles. The van der Waals surface area contributed by atoms with Gasteiger partial charge in [0, 0.05) is 19.5 Å². The molecule has 1 aliphatic rings. The zero-order chi connectivity index (χ0) is 34.0. The van der Waals surface area contributed by atoms with Gasteiger partial charge in [-0.15, -0.1) is 0 Å². The van der Waals surface area contributed by atoms with Crippen LogP contribution in [0.3, 0.4) is 0 Å². The summed E-state index contributed by atoms with van der Waals surface area (Å²) < 4.78 is 5.56. The predicted octanol–water partition coefficient (Wildman–Crippen LogP) is 5.78. The Balaban J connectivity index is 2.50. The number of nitrogens with zero attached hydrogens (tertiary/aromatic N) is 1. The van der Waals surface area contributed by atoms with E-state index in [2.05, 4.69) is 13.8 Å². The first-order chi connectivity index (χ1) is 22.3. The molecule has 1 amide bonds. The minimum atomic E-state index is -1.51. The molecule has 0 aromatic carbocycles. The molecule has 1 rings (SSSR count). The maximum Gasteiger partial charge on any atom is 0.251 e. The Bertz CT molecular complexity index is 711. The van der Waals surface area contributed by atoms with Gasteiger partial charge in [-0.05, 0) is 12.8 Å². The van der Waals surface area contributed by atoms with E-state index in [0.29, 0.717) is 13.0 Å². The van der Waals surface area contributed by atoms with Gasteiger partial charge in [0.05, 0.1) is 18.8 Å². The molecule has 9 nitrogen and oxygen atoms in total. The third-order valence-electron chi connectivity index (χ3n) is 9.64. The number of aliphatic hydroxyl groups excluding tert-OH is 6. The van der Waals surface area contributed by atoms with Crippen LogP contribution in [0.2, 0.25) is 0 Å². The smallest absolute Gasteiger partial charge is 0.251 e. The Morgan fingerprint density at radius 3 is 1.48 bits per heavy atom. The summed E-state index contributed by atoms with van der Waals surface area (Å²) in [7, 11) is 0. The SMILES string of the molecule is CCCCCCCCCCCCCCCCN(CC(O)C[C@@H]1O[C@H](CO)[C@@H](O)[C@H](O)[C@H]1O)C(=O)C(O)CCCCCCCCCC. The molecule has 1 fully saturated rings. The maximum atomic E-state index is 13.3. The van der Waals surface area contributed by atoms with Gasteiger partial charge in [0.15, 0.2) is 0 Å². The fraction of sp³-hybridized carbons (Fsp3) is 0.973. The molecule has 0 saturated carbocycles. The molecule has 1 aliphatic heterocycles. The van der Waals surface area contributed by atoms with Gasteiger partial charge in [-0.3, -0.25) is 4.79 Å². The van der Waals surface area contributed by atoms with Crippen LogP contribution in [-0.4, -0.2) is 104 Å². The number of aliphatic hydroxyl groups is 6. The van der Waals surface area contributed by atoms with Gasteiger partial charge in [-0.25, -0.2) is 0 Å². The first kappa shape index (κ1) is 43.2. The molecule has 6 N–H and O–H groups in total. The first-order valence-electron chi connectivity index (χ1n) is 19.2. The van der Waals surface area contributed by atoms with Gasteiger partial charge in [-0.1, -0.05) is 149 Å². The van der Waals surface area contributed by atoms with Crippen molar-refractivity contribution < 1.29 is 40.2 Å². The average molecular weight is 660 g/mol. The first-order valence-corrected chi connectivity index (χ1v) is 19.2. The van der Waals surface area contributed by atoms with Crippen LogP contribution in [-0.2, 0) is 9.53 Å². The van der Waals surface area contributed by atoms with Crippen LogP contribution in [0.4, 0.5) is 0 Å². The molecular weight excluding hydrogens is 586 g/mol. The molecule has 1 saturated heterocycles. The van der Waals surface area contributed by atoms with Crippen molar-refractivity contribution in [1.29, 1.82) is 0 Å². The number of amides is 1. The Hall–Kier alpha value is -0.810. The number of unbranched alkanes of at least 4 members (excludes halogenated alkanes) is 20. The Morgan fingerprint density at radius 2 is 1.02 bits per heavy atom. The van der Waals surface area contributed by atoms with Gasteiger partial charge in [0.25, 0.3) is 5.91 Å².